The van der Waals surface area contributed by atoms with Crippen LogP contribution in [0.5, 0.6) is 0 Å². The highest BCUT2D eigenvalue weighted by atomic mass is 35.5. The maximum Gasteiger partial charge on any atom is 0.125 e. The zero-order valence-electron chi connectivity index (χ0n) is 10.4. The summed E-state index contributed by atoms with van der Waals surface area (Å²) >= 11 is 7.83. The summed E-state index contributed by atoms with van der Waals surface area (Å²) < 4.78 is 0. The van der Waals surface area contributed by atoms with Gasteiger partial charge in [0.25, 0.3) is 0 Å². The molecule has 1 aromatic carbocycles. The molecule has 0 spiro atoms. The fourth-order valence-corrected chi connectivity index (χ4v) is 3.06. The van der Waals surface area contributed by atoms with Crippen LogP contribution in [0.1, 0.15) is 5.69 Å². The largest absolute Gasteiger partial charge is 0.314 e. The number of pyridine rings is 1. The zero-order valence-corrected chi connectivity index (χ0v) is 11.9. The lowest BCUT2D eigenvalue weighted by Crippen LogP contribution is -2.04. The summed E-state index contributed by atoms with van der Waals surface area (Å²) in [5.41, 5.74) is 2.98. The van der Waals surface area contributed by atoms with Gasteiger partial charge in [0.2, 0.25) is 0 Å². The molecule has 0 amide bonds. The number of benzene rings is 1. The molecular weight excluding hydrogens is 278 g/mol. The summed E-state index contributed by atoms with van der Waals surface area (Å²) in [7, 11) is 1.91. The van der Waals surface area contributed by atoms with Gasteiger partial charge in [-0.25, -0.2) is 4.98 Å². The molecule has 2 heterocycles. The highest BCUT2D eigenvalue weighted by Crippen LogP contribution is 2.33. The smallest absolute Gasteiger partial charge is 0.125 e. The Morgan fingerprint density at radius 2 is 2.21 bits per heavy atom. The van der Waals surface area contributed by atoms with E-state index < -0.39 is 0 Å². The van der Waals surface area contributed by atoms with E-state index in [1.54, 1.807) is 17.5 Å². The maximum atomic E-state index is 6.20. The molecule has 0 radical (unpaired) electrons. The molecule has 96 valence electrons. The van der Waals surface area contributed by atoms with Gasteiger partial charge in [-0.3, -0.25) is 4.98 Å². The molecule has 0 saturated heterocycles. The summed E-state index contributed by atoms with van der Waals surface area (Å²) in [5.74, 6) is 0. The topological polar surface area (TPSA) is 37.8 Å². The fourth-order valence-electron chi connectivity index (χ4n) is 2.00. The Hall–Kier alpha value is -1.49. The second kappa shape index (κ2) is 5.25. The first-order valence-electron chi connectivity index (χ1n) is 5.92. The van der Waals surface area contributed by atoms with Crippen LogP contribution in [0, 0.1) is 0 Å². The Kier molecular flexibility index (Phi) is 3.46. The fraction of sp³-hybridized carbons (Fsp3) is 0.143. The molecule has 2 aromatic heterocycles. The summed E-state index contributed by atoms with van der Waals surface area (Å²) in [6.07, 6.45) is 1.78. The van der Waals surface area contributed by atoms with Crippen LogP contribution < -0.4 is 5.32 Å². The van der Waals surface area contributed by atoms with Crippen molar-refractivity contribution in [3.05, 3.63) is 46.6 Å². The standard InChI is InChI=1S/C14H12ClN3S/c1-16-7-9-8-19-14(18-9)11-4-5-12(15)10-3-2-6-17-13(10)11/h2-6,8,16H,7H2,1H3. The van der Waals surface area contributed by atoms with Gasteiger partial charge in [-0.15, -0.1) is 11.3 Å². The van der Waals surface area contributed by atoms with Gasteiger partial charge >= 0.3 is 0 Å². The minimum absolute atomic E-state index is 0.721. The Bertz CT molecular complexity index is 724. The molecule has 3 nitrogen and oxygen atoms in total. The molecule has 0 atom stereocenters. The number of aromatic nitrogens is 2. The van der Waals surface area contributed by atoms with E-state index in [0.717, 1.165) is 38.7 Å². The zero-order chi connectivity index (χ0) is 13.2. The highest BCUT2D eigenvalue weighted by Gasteiger charge is 2.11. The van der Waals surface area contributed by atoms with Crippen molar-refractivity contribution >= 4 is 33.8 Å². The second-order valence-corrected chi connectivity index (χ2v) is 5.43. The number of hydrogen-bond acceptors (Lipinski definition) is 4. The van der Waals surface area contributed by atoms with Crippen molar-refractivity contribution in [2.45, 2.75) is 6.54 Å². The lowest BCUT2D eigenvalue weighted by atomic mass is 10.1. The summed E-state index contributed by atoms with van der Waals surface area (Å²) in [6, 6.07) is 7.77. The third-order valence-corrected chi connectivity index (χ3v) is 4.11. The number of thiazole rings is 1. The Morgan fingerprint density at radius 1 is 1.32 bits per heavy atom. The maximum absolute atomic E-state index is 6.20. The van der Waals surface area contributed by atoms with Crippen molar-refractivity contribution < 1.29 is 0 Å². The van der Waals surface area contributed by atoms with Crippen molar-refractivity contribution in [1.82, 2.24) is 15.3 Å². The molecule has 0 bridgehead atoms. The van der Waals surface area contributed by atoms with Gasteiger partial charge in [0.15, 0.2) is 0 Å². The highest BCUT2D eigenvalue weighted by molar-refractivity contribution is 7.13. The summed E-state index contributed by atoms with van der Waals surface area (Å²) in [6.45, 7) is 0.773. The van der Waals surface area contributed by atoms with E-state index >= 15 is 0 Å². The molecule has 0 aliphatic carbocycles. The molecule has 19 heavy (non-hydrogen) atoms. The first-order chi connectivity index (χ1) is 9.29. The van der Waals surface area contributed by atoms with Crippen molar-refractivity contribution in [1.29, 1.82) is 0 Å². The van der Waals surface area contributed by atoms with Crippen LogP contribution in [-0.2, 0) is 6.54 Å². The van der Waals surface area contributed by atoms with Crippen LogP contribution in [0.3, 0.4) is 0 Å². The van der Waals surface area contributed by atoms with Gasteiger partial charge in [0.05, 0.1) is 16.2 Å². The van der Waals surface area contributed by atoms with E-state index in [9.17, 15) is 0 Å². The van der Waals surface area contributed by atoms with Gasteiger partial charge in [-0.2, -0.15) is 0 Å². The van der Waals surface area contributed by atoms with E-state index in [4.69, 9.17) is 11.6 Å². The first kappa shape index (κ1) is 12.5. The number of nitrogens with one attached hydrogen (secondary N) is 1. The third kappa shape index (κ3) is 2.34. The third-order valence-electron chi connectivity index (χ3n) is 2.86. The van der Waals surface area contributed by atoms with E-state index in [1.807, 2.05) is 31.3 Å². The van der Waals surface area contributed by atoms with E-state index in [-0.39, 0.29) is 0 Å². The molecule has 1 N–H and O–H groups in total. The molecule has 0 aliphatic rings. The average Bonchev–Trinajstić information content (AvgIpc) is 2.88. The first-order valence-corrected chi connectivity index (χ1v) is 7.18. The average molecular weight is 290 g/mol. The van der Waals surface area contributed by atoms with Gasteiger partial charge in [-0.05, 0) is 31.3 Å². The number of rotatable bonds is 3. The monoisotopic (exact) mass is 289 g/mol. The van der Waals surface area contributed by atoms with Gasteiger partial charge < -0.3 is 5.32 Å². The van der Waals surface area contributed by atoms with Crippen molar-refractivity contribution in [3.8, 4) is 10.6 Å². The van der Waals surface area contributed by atoms with Crippen LogP contribution in [-0.4, -0.2) is 17.0 Å². The molecule has 0 saturated carbocycles. The lowest BCUT2D eigenvalue weighted by Gasteiger charge is -2.04. The van der Waals surface area contributed by atoms with Crippen LogP contribution in [0.4, 0.5) is 0 Å². The minimum atomic E-state index is 0.721. The van der Waals surface area contributed by atoms with Gasteiger partial charge in [0, 0.05) is 29.1 Å². The number of halogens is 1. The number of fused-ring (bicyclic) bond motifs is 1. The minimum Gasteiger partial charge on any atom is -0.314 e. The molecule has 0 fully saturated rings. The van der Waals surface area contributed by atoms with Crippen LogP contribution in [0.25, 0.3) is 21.5 Å². The Morgan fingerprint density at radius 3 is 3.05 bits per heavy atom. The second-order valence-electron chi connectivity index (χ2n) is 4.17. The lowest BCUT2D eigenvalue weighted by molar-refractivity contribution is 0.798. The molecule has 0 aliphatic heterocycles. The van der Waals surface area contributed by atoms with Crippen LogP contribution in [0.15, 0.2) is 35.8 Å². The molecule has 3 aromatic rings. The predicted molar refractivity (Wildman–Crippen MR) is 80.6 cm³/mol. The molecule has 5 heteroatoms. The van der Waals surface area contributed by atoms with Gasteiger partial charge in [-0.1, -0.05) is 11.6 Å². The van der Waals surface area contributed by atoms with Crippen LogP contribution >= 0.6 is 22.9 Å². The molecular formula is C14H12ClN3S. The Labute approximate surface area is 120 Å². The molecule has 0 unspecified atom stereocenters. The van der Waals surface area contributed by atoms with E-state index in [1.165, 1.54) is 0 Å². The quantitative estimate of drug-likeness (QED) is 0.798. The van der Waals surface area contributed by atoms with Crippen LogP contribution in [0.2, 0.25) is 5.02 Å². The van der Waals surface area contributed by atoms with Crippen molar-refractivity contribution in [2.75, 3.05) is 7.05 Å². The Balaban J connectivity index is 2.16. The summed E-state index contributed by atoms with van der Waals surface area (Å²) in [5, 5.41) is 7.83. The normalized spacial score (nSPS) is 11.1. The SMILES string of the molecule is CNCc1csc(-c2ccc(Cl)c3cccnc23)n1. The number of hydrogen-bond donors (Lipinski definition) is 1. The predicted octanol–water partition coefficient (Wildman–Crippen LogP) is 3.73. The summed E-state index contributed by atoms with van der Waals surface area (Å²) in [4.78, 5) is 9.06. The van der Waals surface area contributed by atoms with Crippen molar-refractivity contribution in [3.63, 3.8) is 0 Å². The van der Waals surface area contributed by atoms with E-state index in [2.05, 4.69) is 20.7 Å². The van der Waals surface area contributed by atoms with E-state index in [0.29, 0.717) is 0 Å². The molecule has 3 rings (SSSR count). The van der Waals surface area contributed by atoms with Crippen molar-refractivity contribution in [2.24, 2.45) is 0 Å². The number of nitrogens with zero attached hydrogens (tertiary/aromatic N) is 2. The van der Waals surface area contributed by atoms with Gasteiger partial charge in [0.1, 0.15) is 5.01 Å².